The molecule has 0 unspecified atom stereocenters. The van der Waals surface area contributed by atoms with Crippen molar-refractivity contribution in [3.05, 3.63) is 29.8 Å². The Bertz CT molecular complexity index is 590. The predicted molar refractivity (Wildman–Crippen MR) is 95.5 cm³/mol. The number of likely N-dealkylation sites (tertiary alicyclic amines) is 1. The molecule has 0 bridgehead atoms. The van der Waals surface area contributed by atoms with Gasteiger partial charge in [0.2, 0.25) is 5.91 Å². The van der Waals surface area contributed by atoms with Gasteiger partial charge in [-0.25, -0.2) is 0 Å². The third kappa shape index (κ3) is 6.57. The minimum Gasteiger partial charge on any atom is -0.481 e. The number of nitrogens with one attached hydrogen (secondary N) is 1. The zero-order valence-electron chi connectivity index (χ0n) is 14.5. The van der Waals surface area contributed by atoms with Gasteiger partial charge in [0, 0.05) is 37.2 Å². The number of anilines is 1. The molecule has 1 aliphatic heterocycles. The lowest BCUT2D eigenvalue weighted by Crippen LogP contribution is -2.31. The molecule has 1 aromatic rings. The fraction of sp³-hybridized carbons (Fsp3) is 0.526. The molecule has 2 rings (SSSR count). The van der Waals surface area contributed by atoms with Crippen LogP contribution in [0.25, 0.3) is 0 Å². The first kappa shape index (κ1) is 19.0. The fourth-order valence-corrected chi connectivity index (χ4v) is 2.94. The maximum atomic E-state index is 12.5. The summed E-state index contributed by atoms with van der Waals surface area (Å²) in [5.41, 5.74) is 1.29. The molecule has 0 saturated carbocycles. The van der Waals surface area contributed by atoms with Crippen molar-refractivity contribution in [3.8, 4) is 0 Å². The van der Waals surface area contributed by atoms with E-state index in [0.29, 0.717) is 30.5 Å². The standard InChI is InChI=1S/C19H26N2O4/c22-17(7-3-4-8-18(23)24)20-16-11-9-15(10-12-16)19(25)21-13-5-1-2-6-14-21/h9-12H,1-8,13-14H2,(H,20,22)(H,23,24). The van der Waals surface area contributed by atoms with Gasteiger partial charge in [0.25, 0.3) is 5.91 Å². The molecule has 136 valence electrons. The summed E-state index contributed by atoms with van der Waals surface area (Å²) in [5.74, 6) is -0.935. The Balaban J connectivity index is 1.81. The minimum atomic E-state index is -0.843. The van der Waals surface area contributed by atoms with Crippen LogP contribution in [0.2, 0.25) is 0 Å². The third-order valence-electron chi connectivity index (χ3n) is 4.35. The third-order valence-corrected chi connectivity index (χ3v) is 4.35. The molecule has 1 fully saturated rings. The van der Waals surface area contributed by atoms with Gasteiger partial charge in [-0.2, -0.15) is 0 Å². The lowest BCUT2D eigenvalue weighted by atomic mass is 10.1. The van der Waals surface area contributed by atoms with Crippen LogP contribution in [-0.2, 0) is 9.59 Å². The summed E-state index contributed by atoms with van der Waals surface area (Å²) in [7, 11) is 0. The Morgan fingerprint density at radius 1 is 0.920 bits per heavy atom. The van der Waals surface area contributed by atoms with Crippen LogP contribution in [0.4, 0.5) is 5.69 Å². The van der Waals surface area contributed by atoms with Gasteiger partial charge in [-0.15, -0.1) is 0 Å². The van der Waals surface area contributed by atoms with Crippen LogP contribution < -0.4 is 5.32 Å². The van der Waals surface area contributed by atoms with Gasteiger partial charge in [-0.05, 0) is 49.9 Å². The maximum Gasteiger partial charge on any atom is 0.303 e. The summed E-state index contributed by atoms with van der Waals surface area (Å²) in [6.45, 7) is 1.63. The molecule has 0 aliphatic carbocycles. The lowest BCUT2D eigenvalue weighted by Gasteiger charge is -2.20. The smallest absolute Gasteiger partial charge is 0.303 e. The topological polar surface area (TPSA) is 86.7 Å². The van der Waals surface area contributed by atoms with Crippen molar-refractivity contribution in [2.75, 3.05) is 18.4 Å². The second-order valence-electron chi connectivity index (χ2n) is 6.43. The van der Waals surface area contributed by atoms with Crippen molar-refractivity contribution >= 4 is 23.5 Å². The van der Waals surface area contributed by atoms with Crippen molar-refractivity contribution in [1.82, 2.24) is 4.90 Å². The Hall–Kier alpha value is -2.37. The van der Waals surface area contributed by atoms with Crippen LogP contribution in [-0.4, -0.2) is 40.9 Å². The first-order valence-electron chi connectivity index (χ1n) is 8.97. The van der Waals surface area contributed by atoms with Crippen LogP contribution in [0.5, 0.6) is 0 Å². The molecule has 25 heavy (non-hydrogen) atoms. The predicted octanol–water partition coefficient (Wildman–Crippen LogP) is 3.29. The average Bonchev–Trinajstić information content (AvgIpc) is 2.88. The van der Waals surface area contributed by atoms with Gasteiger partial charge in [0.15, 0.2) is 0 Å². The van der Waals surface area contributed by atoms with Gasteiger partial charge in [0.1, 0.15) is 0 Å². The zero-order chi connectivity index (χ0) is 18.1. The highest BCUT2D eigenvalue weighted by Crippen LogP contribution is 2.16. The van der Waals surface area contributed by atoms with Crippen molar-refractivity contribution in [3.63, 3.8) is 0 Å². The van der Waals surface area contributed by atoms with E-state index >= 15 is 0 Å². The normalized spacial score (nSPS) is 14.6. The second-order valence-corrected chi connectivity index (χ2v) is 6.43. The van der Waals surface area contributed by atoms with Gasteiger partial charge >= 0.3 is 5.97 Å². The number of unbranched alkanes of at least 4 members (excludes halogenated alkanes) is 1. The minimum absolute atomic E-state index is 0.0495. The fourth-order valence-electron chi connectivity index (χ4n) is 2.94. The number of carboxylic acid groups (broad SMARTS) is 1. The molecule has 0 aromatic heterocycles. The van der Waals surface area contributed by atoms with Crippen LogP contribution in [0.3, 0.4) is 0 Å². The first-order valence-corrected chi connectivity index (χ1v) is 8.97. The molecule has 6 heteroatoms. The van der Waals surface area contributed by atoms with E-state index in [4.69, 9.17) is 5.11 Å². The summed E-state index contributed by atoms with van der Waals surface area (Å²) >= 11 is 0. The molecular weight excluding hydrogens is 320 g/mol. The summed E-state index contributed by atoms with van der Waals surface area (Å²) in [6, 6.07) is 6.96. The highest BCUT2D eigenvalue weighted by molar-refractivity contribution is 5.95. The summed E-state index contributed by atoms with van der Waals surface area (Å²) in [4.78, 5) is 36.7. The Morgan fingerprint density at radius 3 is 2.12 bits per heavy atom. The zero-order valence-corrected chi connectivity index (χ0v) is 14.5. The molecule has 1 saturated heterocycles. The number of carbonyl (C=O) groups is 3. The number of carbonyl (C=O) groups excluding carboxylic acids is 2. The van der Waals surface area contributed by atoms with Crippen LogP contribution >= 0.6 is 0 Å². The molecule has 0 radical (unpaired) electrons. The number of benzene rings is 1. The van der Waals surface area contributed by atoms with Crippen LogP contribution in [0, 0.1) is 0 Å². The molecule has 2 N–H and O–H groups in total. The highest BCUT2D eigenvalue weighted by Gasteiger charge is 2.17. The monoisotopic (exact) mass is 346 g/mol. The van der Waals surface area contributed by atoms with Crippen LogP contribution in [0.15, 0.2) is 24.3 Å². The van der Waals surface area contributed by atoms with Crippen molar-refractivity contribution in [2.45, 2.75) is 51.4 Å². The number of nitrogens with zero attached hydrogens (tertiary/aromatic N) is 1. The molecule has 1 aliphatic rings. The number of rotatable bonds is 7. The quantitative estimate of drug-likeness (QED) is 0.742. The molecule has 2 amide bonds. The van der Waals surface area contributed by atoms with Gasteiger partial charge < -0.3 is 15.3 Å². The van der Waals surface area contributed by atoms with E-state index < -0.39 is 5.97 Å². The highest BCUT2D eigenvalue weighted by atomic mass is 16.4. The molecule has 1 heterocycles. The largest absolute Gasteiger partial charge is 0.481 e. The van der Waals surface area contributed by atoms with E-state index in [-0.39, 0.29) is 18.2 Å². The molecule has 0 atom stereocenters. The van der Waals surface area contributed by atoms with E-state index in [9.17, 15) is 14.4 Å². The van der Waals surface area contributed by atoms with Crippen molar-refractivity contribution in [1.29, 1.82) is 0 Å². The number of aliphatic carboxylic acids is 1. The Labute approximate surface area is 148 Å². The summed E-state index contributed by atoms with van der Waals surface area (Å²) in [6.07, 6.45) is 5.89. The first-order chi connectivity index (χ1) is 12.1. The second kappa shape index (κ2) is 9.81. The van der Waals surface area contributed by atoms with Gasteiger partial charge in [-0.1, -0.05) is 12.8 Å². The van der Waals surface area contributed by atoms with E-state index in [2.05, 4.69) is 5.32 Å². The molecule has 1 aromatic carbocycles. The maximum absolute atomic E-state index is 12.5. The number of hydrogen-bond acceptors (Lipinski definition) is 3. The van der Waals surface area contributed by atoms with E-state index in [0.717, 1.165) is 25.9 Å². The van der Waals surface area contributed by atoms with E-state index in [1.807, 2.05) is 4.90 Å². The van der Waals surface area contributed by atoms with Crippen molar-refractivity contribution < 1.29 is 19.5 Å². The number of hydrogen-bond donors (Lipinski definition) is 2. The van der Waals surface area contributed by atoms with Gasteiger partial charge in [-0.3, -0.25) is 14.4 Å². The summed E-state index contributed by atoms with van der Waals surface area (Å²) in [5, 5.41) is 11.3. The number of amides is 2. The van der Waals surface area contributed by atoms with Gasteiger partial charge in [0.05, 0.1) is 0 Å². The van der Waals surface area contributed by atoms with Crippen LogP contribution in [0.1, 0.15) is 61.7 Å². The van der Waals surface area contributed by atoms with Crippen molar-refractivity contribution in [2.24, 2.45) is 0 Å². The van der Waals surface area contributed by atoms with E-state index in [1.54, 1.807) is 24.3 Å². The van der Waals surface area contributed by atoms with E-state index in [1.165, 1.54) is 12.8 Å². The molecule has 6 nitrogen and oxygen atoms in total. The number of carboxylic acids is 1. The Morgan fingerprint density at radius 2 is 1.52 bits per heavy atom. The SMILES string of the molecule is O=C(O)CCCCC(=O)Nc1ccc(C(=O)N2CCCCCC2)cc1. The molecular formula is C19H26N2O4. The summed E-state index contributed by atoms with van der Waals surface area (Å²) < 4.78 is 0. The molecule has 0 spiro atoms. The lowest BCUT2D eigenvalue weighted by molar-refractivity contribution is -0.137. The average molecular weight is 346 g/mol. The Kier molecular flexibility index (Phi) is 7.44.